The SMILES string of the molecule is CCCCCC(=O)NCCCC.COc1ccc(CCNC=O)cc1OC. The summed E-state index contributed by atoms with van der Waals surface area (Å²) in [5.74, 6) is 1.64. The molecule has 0 aromatic heterocycles. The molecule has 0 radical (unpaired) electrons. The first kappa shape index (κ1) is 24.8. The van der Waals surface area contributed by atoms with Crippen molar-refractivity contribution in [1.29, 1.82) is 0 Å². The molecule has 2 N–H and O–H groups in total. The van der Waals surface area contributed by atoms with Crippen molar-refractivity contribution in [3.05, 3.63) is 23.8 Å². The summed E-state index contributed by atoms with van der Waals surface area (Å²) in [7, 11) is 3.21. The lowest BCUT2D eigenvalue weighted by atomic mass is 10.1. The maximum absolute atomic E-state index is 11.1. The number of carbonyl (C=O) groups excluding carboxylic acids is 2. The van der Waals surface area contributed by atoms with E-state index < -0.39 is 0 Å². The standard InChI is InChI=1S/C11H15NO3.C10H21NO/c1-14-10-4-3-9(5-6-12-8-13)7-11(10)15-2;1-3-5-7-8-10(12)11-9-6-4-2/h3-4,7-8H,5-6H2,1-2H3,(H,12,13);3-9H2,1-2H3,(H,11,12). The molecule has 0 heterocycles. The molecule has 0 saturated carbocycles. The summed E-state index contributed by atoms with van der Waals surface area (Å²) in [4.78, 5) is 21.1. The minimum Gasteiger partial charge on any atom is -0.493 e. The fourth-order valence-corrected chi connectivity index (χ4v) is 2.34. The van der Waals surface area contributed by atoms with E-state index in [1.165, 1.54) is 12.8 Å². The highest BCUT2D eigenvalue weighted by atomic mass is 16.5. The number of amides is 2. The average molecular weight is 381 g/mol. The Balaban J connectivity index is 0.000000516. The summed E-state index contributed by atoms with van der Waals surface area (Å²) in [6, 6.07) is 5.72. The van der Waals surface area contributed by atoms with Crippen molar-refractivity contribution < 1.29 is 19.1 Å². The van der Waals surface area contributed by atoms with Crippen LogP contribution in [0.2, 0.25) is 0 Å². The van der Waals surface area contributed by atoms with E-state index in [4.69, 9.17) is 9.47 Å². The number of unbranched alkanes of at least 4 members (excludes halogenated alkanes) is 3. The molecule has 0 atom stereocenters. The van der Waals surface area contributed by atoms with E-state index in [2.05, 4.69) is 24.5 Å². The second kappa shape index (κ2) is 17.2. The number of hydrogen-bond acceptors (Lipinski definition) is 4. The summed E-state index contributed by atoms with van der Waals surface area (Å²) < 4.78 is 10.3. The van der Waals surface area contributed by atoms with Crippen molar-refractivity contribution in [3.8, 4) is 11.5 Å². The summed E-state index contributed by atoms with van der Waals surface area (Å²) in [5.41, 5.74) is 1.10. The van der Waals surface area contributed by atoms with Crippen molar-refractivity contribution in [2.24, 2.45) is 0 Å². The normalized spacial score (nSPS) is 9.63. The quantitative estimate of drug-likeness (QED) is 0.406. The van der Waals surface area contributed by atoms with Gasteiger partial charge in [0.25, 0.3) is 0 Å². The summed E-state index contributed by atoms with van der Waals surface area (Å²) >= 11 is 0. The van der Waals surface area contributed by atoms with E-state index in [-0.39, 0.29) is 5.91 Å². The van der Waals surface area contributed by atoms with Gasteiger partial charge in [0.1, 0.15) is 0 Å². The Kier molecular flexibility index (Phi) is 15.8. The largest absolute Gasteiger partial charge is 0.493 e. The number of hydrogen-bond donors (Lipinski definition) is 2. The van der Waals surface area contributed by atoms with E-state index in [1.54, 1.807) is 14.2 Å². The second-order valence-electron chi connectivity index (χ2n) is 6.17. The summed E-state index contributed by atoms with van der Waals surface area (Å²) in [6.07, 6.45) is 7.81. The molecule has 0 aliphatic rings. The molecule has 0 unspecified atom stereocenters. The fraction of sp³-hybridized carbons (Fsp3) is 0.619. The van der Waals surface area contributed by atoms with Crippen LogP contribution in [0.4, 0.5) is 0 Å². The van der Waals surface area contributed by atoms with E-state index in [0.717, 1.165) is 37.8 Å². The smallest absolute Gasteiger partial charge is 0.219 e. The van der Waals surface area contributed by atoms with Crippen LogP contribution in [0.3, 0.4) is 0 Å². The number of ether oxygens (including phenoxy) is 2. The molecule has 0 aliphatic heterocycles. The Morgan fingerprint density at radius 2 is 1.70 bits per heavy atom. The Morgan fingerprint density at radius 3 is 2.30 bits per heavy atom. The molecular formula is C21H36N2O4. The molecule has 6 nitrogen and oxygen atoms in total. The van der Waals surface area contributed by atoms with E-state index >= 15 is 0 Å². The lowest BCUT2D eigenvalue weighted by Gasteiger charge is -2.09. The molecule has 0 saturated heterocycles. The van der Waals surface area contributed by atoms with Gasteiger partial charge >= 0.3 is 0 Å². The maximum Gasteiger partial charge on any atom is 0.219 e. The molecule has 1 rings (SSSR count). The third kappa shape index (κ3) is 12.7. The van der Waals surface area contributed by atoms with Gasteiger partial charge in [-0.05, 0) is 37.0 Å². The van der Waals surface area contributed by atoms with Crippen LogP contribution in [0.1, 0.15) is 57.9 Å². The van der Waals surface area contributed by atoms with Crippen LogP contribution < -0.4 is 20.1 Å². The Hall–Kier alpha value is -2.24. The zero-order valence-electron chi connectivity index (χ0n) is 17.3. The van der Waals surface area contributed by atoms with Gasteiger partial charge in [-0.25, -0.2) is 0 Å². The predicted octanol–water partition coefficient (Wildman–Crippen LogP) is 3.48. The van der Waals surface area contributed by atoms with Crippen LogP contribution in [0.15, 0.2) is 18.2 Å². The lowest BCUT2D eigenvalue weighted by Crippen LogP contribution is -2.23. The van der Waals surface area contributed by atoms with Gasteiger partial charge in [0, 0.05) is 19.5 Å². The molecular weight excluding hydrogens is 344 g/mol. The number of rotatable bonds is 13. The molecule has 0 aliphatic carbocycles. The Labute approximate surface area is 164 Å². The third-order valence-electron chi connectivity index (χ3n) is 3.95. The van der Waals surface area contributed by atoms with Crippen molar-refractivity contribution >= 4 is 12.3 Å². The molecule has 1 aromatic carbocycles. The number of carbonyl (C=O) groups is 2. The second-order valence-corrected chi connectivity index (χ2v) is 6.17. The minimum absolute atomic E-state index is 0.219. The van der Waals surface area contributed by atoms with E-state index in [0.29, 0.717) is 30.9 Å². The van der Waals surface area contributed by atoms with Crippen molar-refractivity contribution in [1.82, 2.24) is 10.6 Å². The Bertz CT molecular complexity index is 509. The van der Waals surface area contributed by atoms with Crippen molar-refractivity contribution in [2.75, 3.05) is 27.3 Å². The van der Waals surface area contributed by atoms with Gasteiger partial charge in [-0.3, -0.25) is 9.59 Å². The van der Waals surface area contributed by atoms with Crippen LogP contribution in [-0.2, 0) is 16.0 Å². The zero-order valence-corrected chi connectivity index (χ0v) is 17.3. The first-order valence-electron chi connectivity index (χ1n) is 9.77. The van der Waals surface area contributed by atoms with E-state index in [1.807, 2.05) is 18.2 Å². The van der Waals surface area contributed by atoms with Crippen molar-refractivity contribution in [3.63, 3.8) is 0 Å². The molecule has 2 amide bonds. The highest BCUT2D eigenvalue weighted by Gasteiger charge is 2.03. The van der Waals surface area contributed by atoms with Crippen LogP contribution in [0, 0.1) is 0 Å². The van der Waals surface area contributed by atoms with Gasteiger partial charge in [0.05, 0.1) is 14.2 Å². The third-order valence-corrected chi connectivity index (χ3v) is 3.95. The maximum atomic E-state index is 11.1. The van der Waals surface area contributed by atoms with Gasteiger partial charge < -0.3 is 20.1 Å². The summed E-state index contributed by atoms with van der Waals surface area (Å²) in [5, 5.41) is 5.51. The van der Waals surface area contributed by atoms with Crippen LogP contribution >= 0.6 is 0 Å². The minimum atomic E-state index is 0.219. The molecule has 1 aromatic rings. The van der Waals surface area contributed by atoms with Gasteiger partial charge in [0.15, 0.2) is 11.5 Å². The lowest BCUT2D eigenvalue weighted by molar-refractivity contribution is -0.121. The molecule has 6 heteroatoms. The topological polar surface area (TPSA) is 76.7 Å². The molecule has 0 bridgehead atoms. The van der Waals surface area contributed by atoms with Gasteiger partial charge in [0.2, 0.25) is 12.3 Å². The Morgan fingerprint density at radius 1 is 1.00 bits per heavy atom. The van der Waals surface area contributed by atoms with Crippen molar-refractivity contribution in [2.45, 2.75) is 58.8 Å². The highest BCUT2D eigenvalue weighted by molar-refractivity contribution is 5.75. The van der Waals surface area contributed by atoms with E-state index in [9.17, 15) is 9.59 Å². The molecule has 154 valence electrons. The number of nitrogens with one attached hydrogen (secondary N) is 2. The van der Waals surface area contributed by atoms with Gasteiger partial charge in [-0.1, -0.05) is 39.2 Å². The van der Waals surface area contributed by atoms with Crippen LogP contribution in [0.25, 0.3) is 0 Å². The fourth-order valence-electron chi connectivity index (χ4n) is 2.34. The highest BCUT2D eigenvalue weighted by Crippen LogP contribution is 2.27. The average Bonchev–Trinajstić information content (AvgIpc) is 2.69. The monoisotopic (exact) mass is 380 g/mol. The predicted molar refractivity (Wildman–Crippen MR) is 109 cm³/mol. The summed E-state index contributed by atoms with van der Waals surface area (Å²) in [6.45, 7) is 5.75. The van der Waals surface area contributed by atoms with Crippen LogP contribution in [0.5, 0.6) is 11.5 Å². The van der Waals surface area contributed by atoms with Gasteiger partial charge in [-0.2, -0.15) is 0 Å². The number of benzene rings is 1. The zero-order chi connectivity index (χ0) is 20.3. The first-order valence-corrected chi connectivity index (χ1v) is 9.77. The molecule has 27 heavy (non-hydrogen) atoms. The molecule has 0 spiro atoms. The first-order chi connectivity index (χ1) is 13.1. The molecule has 0 fully saturated rings. The van der Waals surface area contributed by atoms with Gasteiger partial charge in [-0.15, -0.1) is 0 Å². The van der Waals surface area contributed by atoms with Crippen LogP contribution in [-0.4, -0.2) is 39.6 Å². The number of methoxy groups -OCH3 is 2.